The van der Waals surface area contributed by atoms with Gasteiger partial charge in [0.05, 0.1) is 12.5 Å². The number of ether oxygens (including phenoxy) is 1. The van der Waals surface area contributed by atoms with Gasteiger partial charge in [0.2, 0.25) is 0 Å². The molecule has 2 fully saturated rings. The highest BCUT2D eigenvalue weighted by Crippen LogP contribution is 2.33. The van der Waals surface area contributed by atoms with Gasteiger partial charge in [-0.15, -0.1) is 34.2 Å². The Morgan fingerprint density at radius 3 is 2.71 bits per heavy atom. The van der Waals surface area contributed by atoms with E-state index in [2.05, 4.69) is 36.2 Å². The zero-order chi connectivity index (χ0) is 21.3. The number of carbonyl (C=O) groups is 1. The van der Waals surface area contributed by atoms with Crippen LogP contribution in [0.25, 0.3) is 0 Å². The van der Waals surface area contributed by atoms with Crippen molar-refractivity contribution in [1.82, 2.24) is 25.0 Å². The lowest BCUT2D eigenvalue weighted by Crippen LogP contribution is -2.48. The van der Waals surface area contributed by atoms with Crippen molar-refractivity contribution in [2.75, 3.05) is 39.5 Å². The lowest BCUT2D eigenvalue weighted by Gasteiger charge is -2.34. The Bertz CT molecular complexity index is 723. The third-order valence-electron chi connectivity index (χ3n) is 6.02. The molecule has 31 heavy (non-hydrogen) atoms. The van der Waals surface area contributed by atoms with E-state index in [4.69, 9.17) is 4.74 Å². The molecule has 1 aliphatic heterocycles. The predicted molar refractivity (Wildman–Crippen MR) is 135 cm³/mol. The highest BCUT2D eigenvalue weighted by atomic mass is 127. The number of nitrogens with one attached hydrogen (secondary N) is 1. The molecule has 1 saturated carbocycles. The van der Waals surface area contributed by atoms with Crippen molar-refractivity contribution < 1.29 is 9.53 Å². The number of likely N-dealkylation sites (tertiary alicyclic amines) is 1. The molecule has 8 nitrogen and oxygen atoms in total. The zero-order valence-corrected chi connectivity index (χ0v) is 22.2. The highest BCUT2D eigenvalue weighted by molar-refractivity contribution is 14.0. The van der Waals surface area contributed by atoms with Crippen LogP contribution in [0.5, 0.6) is 0 Å². The molecule has 3 rings (SSSR count). The van der Waals surface area contributed by atoms with Gasteiger partial charge >= 0.3 is 5.97 Å². The van der Waals surface area contributed by atoms with Gasteiger partial charge in [-0.25, -0.2) is 0 Å². The molecule has 176 valence electrons. The fourth-order valence-electron chi connectivity index (χ4n) is 4.55. The van der Waals surface area contributed by atoms with Crippen LogP contribution in [0.2, 0.25) is 0 Å². The molecule has 1 aromatic rings. The number of hydrogen-bond acceptors (Lipinski definition) is 6. The Balaban J connectivity index is 0.00000341. The topological polar surface area (TPSA) is 84.6 Å². The van der Waals surface area contributed by atoms with Crippen LogP contribution in [0.15, 0.2) is 10.1 Å². The molecule has 0 aromatic carbocycles. The van der Waals surface area contributed by atoms with Gasteiger partial charge in [0.15, 0.2) is 11.1 Å². The number of esters is 1. The molecule has 0 radical (unpaired) electrons. The number of hydrogen-bond donors (Lipinski definition) is 1. The van der Waals surface area contributed by atoms with Crippen molar-refractivity contribution in [3.8, 4) is 0 Å². The highest BCUT2D eigenvalue weighted by Gasteiger charge is 2.28. The molecule has 1 unspecified atom stereocenters. The molecule has 1 atom stereocenters. The van der Waals surface area contributed by atoms with Gasteiger partial charge in [-0.2, -0.15) is 0 Å². The number of aryl methyl sites for hydroxylation is 1. The summed E-state index contributed by atoms with van der Waals surface area (Å²) < 4.78 is 7.59. The number of aliphatic imine (C=N–C) groups is 1. The van der Waals surface area contributed by atoms with Crippen LogP contribution in [0.1, 0.15) is 63.7 Å². The summed E-state index contributed by atoms with van der Waals surface area (Å²) in [6, 6.07) is 0.561. The van der Waals surface area contributed by atoms with E-state index in [9.17, 15) is 4.79 Å². The van der Waals surface area contributed by atoms with E-state index in [0.717, 1.165) is 55.7 Å². The van der Waals surface area contributed by atoms with Crippen molar-refractivity contribution in [2.45, 2.75) is 69.5 Å². The average Bonchev–Trinajstić information content (AvgIpc) is 3.43. The molecular formula is C21H37IN6O2S. The summed E-state index contributed by atoms with van der Waals surface area (Å²) in [6.45, 7) is 4.70. The van der Waals surface area contributed by atoms with Gasteiger partial charge in [0.1, 0.15) is 5.82 Å². The van der Waals surface area contributed by atoms with Crippen LogP contribution in [0.3, 0.4) is 0 Å². The van der Waals surface area contributed by atoms with Crippen molar-refractivity contribution >= 4 is 47.7 Å². The second-order valence-electron chi connectivity index (χ2n) is 8.03. The maximum Gasteiger partial charge on any atom is 0.310 e. The summed E-state index contributed by atoms with van der Waals surface area (Å²) in [7, 11) is 1.80. The molecule has 2 heterocycles. The standard InChI is InChI=1S/C21H36N6O2S.HI/c1-4-29-19(28)16-9-8-14-26(15-16)20(22-2)23-13-7-12-18-24-25-21(30-3)27(18)17-10-5-6-11-17;/h16-17H,4-15H2,1-3H3,(H,22,23);1H. The minimum absolute atomic E-state index is 0. The van der Waals surface area contributed by atoms with Crippen LogP contribution in [0.4, 0.5) is 0 Å². The van der Waals surface area contributed by atoms with Crippen molar-refractivity contribution in [3.63, 3.8) is 0 Å². The molecule has 1 saturated heterocycles. The summed E-state index contributed by atoms with van der Waals surface area (Å²) in [5, 5.41) is 13.4. The molecule has 0 bridgehead atoms. The maximum absolute atomic E-state index is 12.1. The molecule has 1 aromatic heterocycles. The smallest absolute Gasteiger partial charge is 0.310 e. The Morgan fingerprint density at radius 1 is 1.26 bits per heavy atom. The third-order valence-corrected chi connectivity index (χ3v) is 6.66. The largest absolute Gasteiger partial charge is 0.466 e. The van der Waals surface area contributed by atoms with Crippen molar-refractivity contribution in [2.24, 2.45) is 10.9 Å². The quantitative estimate of drug-likeness (QED) is 0.129. The second-order valence-corrected chi connectivity index (χ2v) is 8.80. The molecule has 1 N–H and O–H groups in total. The first kappa shape index (κ1) is 26.2. The lowest BCUT2D eigenvalue weighted by atomic mass is 9.98. The van der Waals surface area contributed by atoms with Gasteiger partial charge in [0.25, 0.3) is 0 Å². The Kier molecular flexibility index (Phi) is 11.4. The van der Waals surface area contributed by atoms with Crippen molar-refractivity contribution in [1.29, 1.82) is 0 Å². The van der Waals surface area contributed by atoms with E-state index in [0.29, 0.717) is 19.2 Å². The van der Waals surface area contributed by atoms with Gasteiger partial charge in [-0.3, -0.25) is 9.79 Å². The van der Waals surface area contributed by atoms with E-state index in [1.54, 1.807) is 18.8 Å². The monoisotopic (exact) mass is 564 g/mol. The number of aromatic nitrogens is 3. The number of halogens is 1. The molecule has 0 spiro atoms. The van der Waals surface area contributed by atoms with Gasteiger partial charge < -0.3 is 19.5 Å². The summed E-state index contributed by atoms with van der Waals surface area (Å²) in [4.78, 5) is 18.7. The van der Waals surface area contributed by atoms with Gasteiger partial charge in [-0.05, 0) is 45.3 Å². The number of rotatable bonds is 8. The summed E-state index contributed by atoms with van der Waals surface area (Å²) in [6.07, 6.45) is 10.9. The second kappa shape index (κ2) is 13.5. The minimum Gasteiger partial charge on any atom is -0.466 e. The van der Waals surface area contributed by atoms with E-state index < -0.39 is 0 Å². The van der Waals surface area contributed by atoms with Gasteiger partial charge in [0, 0.05) is 39.1 Å². The number of guanidine groups is 1. The first-order valence-electron chi connectivity index (χ1n) is 11.3. The fourth-order valence-corrected chi connectivity index (χ4v) is 5.12. The first-order valence-corrected chi connectivity index (χ1v) is 12.5. The van der Waals surface area contributed by atoms with Crippen LogP contribution in [-0.2, 0) is 16.0 Å². The van der Waals surface area contributed by atoms with Crippen molar-refractivity contribution in [3.05, 3.63) is 5.82 Å². The number of thioether (sulfide) groups is 1. The first-order chi connectivity index (χ1) is 14.7. The number of carbonyl (C=O) groups excluding carboxylic acids is 1. The van der Waals surface area contributed by atoms with Crippen LogP contribution >= 0.6 is 35.7 Å². The SMILES string of the molecule is CCOC(=O)C1CCCN(C(=NC)NCCCc2nnc(SC)n2C2CCCC2)C1.I. The molecular weight excluding hydrogens is 527 g/mol. The predicted octanol–water partition coefficient (Wildman–Crippen LogP) is 3.52. The summed E-state index contributed by atoms with van der Waals surface area (Å²) >= 11 is 1.69. The summed E-state index contributed by atoms with van der Waals surface area (Å²) in [5.41, 5.74) is 0. The Hall–Kier alpha value is -1.04. The number of nitrogens with zero attached hydrogens (tertiary/aromatic N) is 5. The lowest BCUT2D eigenvalue weighted by molar-refractivity contribution is -0.149. The molecule has 1 aliphatic carbocycles. The Labute approximate surface area is 207 Å². The number of piperidine rings is 1. The average molecular weight is 565 g/mol. The zero-order valence-electron chi connectivity index (χ0n) is 19.0. The molecule has 0 amide bonds. The normalized spacial score (nSPS) is 19.9. The van der Waals surface area contributed by atoms with Crippen LogP contribution in [-0.4, -0.2) is 71.1 Å². The van der Waals surface area contributed by atoms with E-state index in [-0.39, 0.29) is 35.9 Å². The fraction of sp³-hybridized carbons (Fsp3) is 0.810. The van der Waals surface area contributed by atoms with E-state index in [1.165, 1.54) is 25.7 Å². The van der Waals surface area contributed by atoms with Crippen LogP contribution < -0.4 is 5.32 Å². The summed E-state index contributed by atoms with van der Waals surface area (Å²) in [5.74, 6) is 1.81. The van der Waals surface area contributed by atoms with E-state index >= 15 is 0 Å². The van der Waals surface area contributed by atoms with E-state index in [1.807, 2.05) is 6.92 Å². The minimum atomic E-state index is -0.0894. The van der Waals surface area contributed by atoms with Crippen LogP contribution in [0, 0.1) is 5.92 Å². The molecule has 10 heteroatoms. The molecule has 2 aliphatic rings. The maximum atomic E-state index is 12.1. The van der Waals surface area contributed by atoms with Gasteiger partial charge in [-0.1, -0.05) is 24.6 Å². The Morgan fingerprint density at radius 2 is 2.03 bits per heavy atom. The third kappa shape index (κ3) is 6.97.